The van der Waals surface area contributed by atoms with Gasteiger partial charge in [-0.15, -0.1) is 0 Å². The number of amides is 1. The average Bonchev–Trinajstić information content (AvgIpc) is 2.57. The SMILES string of the molecule is COc1c(C(=O)Nc2ccc(C)cc2N)cc2ccccc2c1Br. The fourth-order valence-electron chi connectivity index (χ4n) is 2.64. The molecule has 0 aliphatic rings. The molecule has 3 aromatic rings. The minimum atomic E-state index is -0.270. The number of fused-ring (bicyclic) bond motifs is 1. The van der Waals surface area contributed by atoms with E-state index in [1.54, 1.807) is 13.2 Å². The third-order valence-corrected chi connectivity index (χ3v) is 4.63. The molecule has 3 rings (SSSR count). The molecule has 0 fully saturated rings. The molecule has 0 unspecified atom stereocenters. The van der Waals surface area contributed by atoms with E-state index in [0.717, 1.165) is 20.8 Å². The zero-order chi connectivity index (χ0) is 17.3. The third kappa shape index (κ3) is 2.95. The molecule has 0 bridgehead atoms. The number of benzene rings is 3. The maximum Gasteiger partial charge on any atom is 0.259 e. The summed E-state index contributed by atoms with van der Waals surface area (Å²) in [5, 5.41) is 4.79. The van der Waals surface area contributed by atoms with Gasteiger partial charge < -0.3 is 15.8 Å². The van der Waals surface area contributed by atoms with Crippen LogP contribution in [0.15, 0.2) is 53.0 Å². The normalized spacial score (nSPS) is 10.6. The Morgan fingerprint density at radius 1 is 1.17 bits per heavy atom. The minimum Gasteiger partial charge on any atom is -0.495 e. The summed E-state index contributed by atoms with van der Waals surface area (Å²) < 4.78 is 6.21. The molecule has 3 aromatic carbocycles. The van der Waals surface area contributed by atoms with E-state index >= 15 is 0 Å². The summed E-state index contributed by atoms with van der Waals surface area (Å²) in [5.41, 5.74) is 8.58. The van der Waals surface area contributed by atoms with Crippen molar-refractivity contribution >= 4 is 44.0 Å². The highest BCUT2D eigenvalue weighted by molar-refractivity contribution is 9.10. The van der Waals surface area contributed by atoms with E-state index in [4.69, 9.17) is 10.5 Å². The number of halogens is 1. The Morgan fingerprint density at radius 3 is 2.62 bits per heavy atom. The molecule has 0 atom stereocenters. The number of nitrogens with one attached hydrogen (secondary N) is 1. The first-order chi connectivity index (χ1) is 11.5. The van der Waals surface area contributed by atoms with Gasteiger partial charge in [-0.25, -0.2) is 0 Å². The van der Waals surface area contributed by atoms with Crippen LogP contribution in [-0.4, -0.2) is 13.0 Å². The van der Waals surface area contributed by atoms with E-state index < -0.39 is 0 Å². The largest absolute Gasteiger partial charge is 0.495 e. The minimum absolute atomic E-state index is 0.270. The van der Waals surface area contributed by atoms with Gasteiger partial charge in [0.1, 0.15) is 5.75 Å². The summed E-state index contributed by atoms with van der Waals surface area (Å²) in [6, 6.07) is 15.1. The van der Waals surface area contributed by atoms with Crippen molar-refractivity contribution in [2.24, 2.45) is 0 Å². The number of carbonyl (C=O) groups excluding carboxylic acids is 1. The molecule has 5 heteroatoms. The highest BCUT2D eigenvalue weighted by atomic mass is 79.9. The van der Waals surface area contributed by atoms with Crippen LogP contribution >= 0.6 is 15.9 Å². The maximum absolute atomic E-state index is 12.8. The molecule has 3 N–H and O–H groups in total. The number of carbonyl (C=O) groups is 1. The van der Waals surface area contributed by atoms with Crippen molar-refractivity contribution in [1.29, 1.82) is 0 Å². The van der Waals surface area contributed by atoms with Crippen LogP contribution in [0.4, 0.5) is 11.4 Å². The molecule has 0 spiro atoms. The van der Waals surface area contributed by atoms with Crippen molar-refractivity contribution in [2.75, 3.05) is 18.2 Å². The lowest BCUT2D eigenvalue weighted by Crippen LogP contribution is -2.14. The van der Waals surface area contributed by atoms with Gasteiger partial charge in [0.05, 0.1) is 28.5 Å². The highest BCUT2D eigenvalue weighted by Gasteiger charge is 2.18. The van der Waals surface area contributed by atoms with Gasteiger partial charge >= 0.3 is 0 Å². The molecule has 0 heterocycles. The molecule has 0 saturated heterocycles. The average molecular weight is 385 g/mol. The Morgan fingerprint density at radius 2 is 1.92 bits per heavy atom. The first-order valence-electron chi connectivity index (χ1n) is 7.44. The van der Waals surface area contributed by atoms with Gasteiger partial charge in [-0.1, -0.05) is 30.3 Å². The number of anilines is 2. The Labute approximate surface area is 148 Å². The fourth-order valence-corrected chi connectivity index (χ4v) is 3.37. The van der Waals surface area contributed by atoms with Gasteiger partial charge in [0, 0.05) is 0 Å². The lowest BCUT2D eigenvalue weighted by atomic mass is 10.0. The fraction of sp³-hybridized carbons (Fsp3) is 0.105. The Balaban J connectivity index is 2.06. The Bertz CT molecular complexity index is 938. The molecule has 1 amide bonds. The number of hydrogen-bond donors (Lipinski definition) is 2. The zero-order valence-electron chi connectivity index (χ0n) is 13.4. The Hall–Kier alpha value is -2.53. The predicted molar refractivity (Wildman–Crippen MR) is 102 cm³/mol. The van der Waals surface area contributed by atoms with Crippen molar-refractivity contribution in [2.45, 2.75) is 6.92 Å². The second-order valence-corrected chi connectivity index (χ2v) is 6.33. The van der Waals surface area contributed by atoms with Crippen LogP contribution in [0.3, 0.4) is 0 Å². The topological polar surface area (TPSA) is 64.3 Å². The molecule has 122 valence electrons. The highest BCUT2D eigenvalue weighted by Crippen LogP contribution is 2.37. The van der Waals surface area contributed by atoms with E-state index in [-0.39, 0.29) is 5.91 Å². The van der Waals surface area contributed by atoms with E-state index in [1.165, 1.54) is 0 Å². The number of aryl methyl sites for hydroxylation is 1. The van der Waals surface area contributed by atoms with Crippen molar-refractivity contribution in [3.8, 4) is 5.75 Å². The predicted octanol–water partition coefficient (Wildman–Crippen LogP) is 4.75. The standard InChI is InChI=1S/C19H17BrN2O2/c1-11-7-8-16(15(21)9-11)22-19(23)14-10-12-5-3-4-6-13(12)17(20)18(14)24-2/h3-10H,21H2,1-2H3,(H,22,23). The first kappa shape index (κ1) is 16.3. The summed E-state index contributed by atoms with van der Waals surface area (Å²) in [5.74, 6) is 0.228. The zero-order valence-corrected chi connectivity index (χ0v) is 15.0. The van der Waals surface area contributed by atoms with E-state index in [1.807, 2.05) is 49.4 Å². The van der Waals surface area contributed by atoms with Crippen LogP contribution in [0.25, 0.3) is 10.8 Å². The summed E-state index contributed by atoms with van der Waals surface area (Å²) in [4.78, 5) is 12.8. The smallest absolute Gasteiger partial charge is 0.259 e. The van der Waals surface area contributed by atoms with Gasteiger partial charge in [0.2, 0.25) is 0 Å². The second-order valence-electron chi connectivity index (χ2n) is 5.54. The summed E-state index contributed by atoms with van der Waals surface area (Å²) in [7, 11) is 1.55. The summed E-state index contributed by atoms with van der Waals surface area (Å²) >= 11 is 3.54. The first-order valence-corrected chi connectivity index (χ1v) is 8.23. The van der Waals surface area contributed by atoms with Crippen LogP contribution in [0.2, 0.25) is 0 Å². The molecular weight excluding hydrogens is 368 g/mol. The Kier molecular flexibility index (Phi) is 4.44. The van der Waals surface area contributed by atoms with Crippen LogP contribution in [0.5, 0.6) is 5.75 Å². The lowest BCUT2D eigenvalue weighted by molar-refractivity contribution is 0.102. The molecule has 0 aliphatic heterocycles. The van der Waals surface area contributed by atoms with E-state index in [0.29, 0.717) is 22.7 Å². The van der Waals surface area contributed by atoms with Crippen LogP contribution in [0.1, 0.15) is 15.9 Å². The lowest BCUT2D eigenvalue weighted by Gasteiger charge is -2.14. The van der Waals surface area contributed by atoms with Crippen molar-refractivity contribution < 1.29 is 9.53 Å². The van der Waals surface area contributed by atoms with Crippen molar-refractivity contribution in [3.05, 3.63) is 64.1 Å². The van der Waals surface area contributed by atoms with Crippen LogP contribution in [0, 0.1) is 6.92 Å². The summed E-state index contributed by atoms with van der Waals surface area (Å²) in [6.45, 7) is 1.95. The van der Waals surface area contributed by atoms with Gasteiger partial charge in [0.15, 0.2) is 0 Å². The molecule has 0 aliphatic carbocycles. The van der Waals surface area contributed by atoms with Gasteiger partial charge in [-0.3, -0.25) is 4.79 Å². The number of hydrogen-bond acceptors (Lipinski definition) is 3. The third-order valence-electron chi connectivity index (χ3n) is 3.85. The van der Waals surface area contributed by atoms with Gasteiger partial charge in [-0.05, 0) is 57.4 Å². The number of methoxy groups -OCH3 is 1. The van der Waals surface area contributed by atoms with Crippen molar-refractivity contribution in [3.63, 3.8) is 0 Å². The van der Waals surface area contributed by atoms with Crippen LogP contribution in [-0.2, 0) is 0 Å². The molecular formula is C19H17BrN2O2. The van der Waals surface area contributed by atoms with E-state index in [2.05, 4.69) is 21.2 Å². The maximum atomic E-state index is 12.8. The van der Waals surface area contributed by atoms with Gasteiger partial charge in [0.25, 0.3) is 5.91 Å². The number of ether oxygens (including phenoxy) is 1. The van der Waals surface area contributed by atoms with Crippen molar-refractivity contribution in [1.82, 2.24) is 0 Å². The van der Waals surface area contributed by atoms with E-state index in [9.17, 15) is 4.79 Å². The van der Waals surface area contributed by atoms with Crippen LogP contribution < -0.4 is 15.8 Å². The second kappa shape index (κ2) is 6.53. The molecule has 0 aromatic heterocycles. The molecule has 24 heavy (non-hydrogen) atoms. The molecule has 4 nitrogen and oxygen atoms in total. The number of nitrogens with two attached hydrogens (primary N) is 1. The monoisotopic (exact) mass is 384 g/mol. The number of nitrogen functional groups attached to an aromatic ring is 1. The quantitative estimate of drug-likeness (QED) is 0.640. The molecule has 0 radical (unpaired) electrons. The molecule has 0 saturated carbocycles. The number of rotatable bonds is 3. The summed E-state index contributed by atoms with van der Waals surface area (Å²) in [6.07, 6.45) is 0. The van der Waals surface area contributed by atoms with Gasteiger partial charge in [-0.2, -0.15) is 0 Å².